The molecule has 0 radical (unpaired) electrons. The molecule has 1 aromatic heterocycles. The van der Waals surface area contributed by atoms with E-state index in [0.717, 1.165) is 0 Å². The predicted molar refractivity (Wildman–Crippen MR) is 131 cm³/mol. The summed E-state index contributed by atoms with van der Waals surface area (Å²) in [6.45, 7) is -0.405. The fourth-order valence-corrected chi connectivity index (χ4v) is 4.43. The number of anilines is 2. The van der Waals surface area contributed by atoms with Gasteiger partial charge in [-0.15, -0.1) is 0 Å². The van der Waals surface area contributed by atoms with Crippen molar-refractivity contribution in [3.8, 4) is 5.75 Å². The maximum absolute atomic E-state index is 12.8. The number of methoxy groups -OCH3 is 1. The molecule has 10 nitrogen and oxygen atoms in total. The van der Waals surface area contributed by atoms with Crippen molar-refractivity contribution in [3.05, 3.63) is 89.0 Å². The summed E-state index contributed by atoms with van der Waals surface area (Å²) in [6.07, 6.45) is 0. The Morgan fingerprint density at radius 2 is 1.80 bits per heavy atom. The molecule has 0 spiro atoms. The van der Waals surface area contributed by atoms with Gasteiger partial charge in [0, 0.05) is 5.69 Å². The van der Waals surface area contributed by atoms with Gasteiger partial charge < -0.3 is 19.8 Å². The van der Waals surface area contributed by atoms with Crippen molar-refractivity contribution in [2.75, 3.05) is 23.8 Å². The Kier molecular flexibility index (Phi) is 7.09. The smallest absolute Gasteiger partial charge is 0.262 e. The minimum Gasteiger partial charge on any atom is -0.495 e. The van der Waals surface area contributed by atoms with Crippen molar-refractivity contribution in [2.24, 2.45) is 0 Å². The lowest BCUT2D eigenvalue weighted by molar-refractivity contribution is -0.121. The lowest BCUT2D eigenvalue weighted by Gasteiger charge is -2.12. The van der Waals surface area contributed by atoms with Gasteiger partial charge in [-0.2, -0.15) is 0 Å². The summed E-state index contributed by atoms with van der Waals surface area (Å²) in [6, 6.07) is 19.3. The van der Waals surface area contributed by atoms with Crippen LogP contribution in [0.5, 0.6) is 5.75 Å². The first kappa shape index (κ1) is 23.9. The third kappa shape index (κ3) is 5.83. The number of benzene rings is 3. The SMILES string of the molecule is COc1ccccc1NS(=O)(=O)c1cccc(NC(=O)COCc2nc3ccccc3c(=O)[nH]2)c1. The van der Waals surface area contributed by atoms with Crippen molar-refractivity contribution >= 4 is 38.2 Å². The monoisotopic (exact) mass is 494 g/mol. The van der Waals surface area contributed by atoms with E-state index in [9.17, 15) is 18.0 Å². The zero-order chi connectivity index (χ0) is 24.8. The average molecular weight is 495 g/mol. The third-order valence-corrected chi connectivity index (χ3v) is 6.28. The highest BCUT2D eigenvalue weighted by Crippen LogP contribution is 2.26. The van der Waals surface area contributed by atoms with Crippen molar-refractivity contribution in [1.29, 1.82) is 0 Å². The van der Waals surface area contributed by atoms with Crippen LogP contribution in [0.4, 0.5) is 11.4 Å². The molecule has 0 unspecified atom stereocenters. The Morgan fingerprint density at radius 3 is 2.63 bits per heavy atom. The number of rotatable bonds is 9. The summed E-state index contributed by atoms with van der Waals surface area (Å²) in [4.78, 5) is 31.3. The summed E-state index contributed by atoms with van der Waals surface area (Å²) < 4.78 is 38.7. The van der Waals surface area contributed by atoms with E-state index in [-0.39, 0.29) is 40.9 Å². The molecule has 4 rings (SSSR count). The number of H-pyrrole nitrogens is 1. The van der Waals surface area contributed by atoms with Gasteiger partial charge in [-0.1, -0.05) is 30.3 Å². The molecule has 3 aromatic carbocycles. The Balaban J connectivity index is 1.37. The highest BCUT2D eigenvalue weighted by atomic mass is 32.2. The molecule has 35 heavy (non-hydrogen) atoms. The van der Waals surface area contributed by atoms with Gasteiger partial charge in [-0.25, -0.2) is 13.4 Å². The van der Waals surface area contributed by atoms with Crippen molar-refractivity contribution in [2.45, 2.75) is 11.5 Å². The number of hydrogen-bond donors (Lipinski definition) is 3. The van der Waals surface area contributed by atoms with Gasteiger partial charge in [-0.3, -0.25) is 14.3 Å². The van der Waals surface area contributed by atoms with E-state index in [1.165, 1.54) is 25.3 Å². The number of para-hydroxylation sites is 3. The fraction of sp³-hybridized carbons (Fsp3) is 0.125. The maximum atomic E-state index is 12.8. The number of nitrogens with one attached hydrogen (secondary N) is 3. The van der Waals surface area contributed by atoms with Crippen LogP contribution in [0.25, 0.3) is 10.9 Å². The minimum absolute atomic E-state index is 0.0416. The number of hydrogen-bond acceptors (Lipinski definition) is 7. The highest BCUT2D eigenvalue weighted by Gasteiger charge is 2.17. The zero-order valence-electron chi connectivity index (χ0n) is 18.6. The highest BCUT2D eigenvalue weighted by molar-refractivity contribution is 7.92. The predicted octanol–water partition coefficient (Wildman–Crippen LogP) is 2.89. The van der Waals surface area contributed by atoms with Crippen LogP contribution in [0, 0.1) is 0 Å². The van der Waals surface area contributed by atoms with Crippen molar-refractivity contribution < 1.29 is 22.7 Å². The van der Waals surface area contributed by atoms with Gasteiger partial charge in [0.25, 0.3) is 15.6 Å². The Bertz CT molecular complexity index is 1530. The summed E-state index contributed by atoms with van der Waals surface area (Å²) in [5.74, 6) is 0.164. The molecule has 0 atom stereocenters. The standard InChI is InChI=1S/C24H22N4O6S/c1-33-21-12-5-4-11-20(21)28-35(31,32)17-8-6-7-16(13-17)25-23(29)15-34-14-22-26-19-10-3-2-9-18(19)24(30)27-22/h2-13,28H,14-15H2,1H3,(H,25,29)(H,26,27,30). The Hall–Kier alpha value is -4.22. The summed E-state index contributed by atoms with van der Waals surface area (Å²) in [5.41, 5.74) is 0.800. The first-order valence-electron chi connectivity index (χ1n) is 10.5. The van der Waals surface area contributed by atoms with E-state index in [1.54, 1.807) is 54.6 Å². The van der Waals surface area contributed by atoms with Crippen LogP contribution < -0.4 is 20.3 Å². The van der Waals surface area contributed by atoms with Gasteiger partial charge in [0.15, 0.2) is 0 Å². The van der Waals surface area contributed by atoms with Gasteiger partial charge in [0.2, 0.25) is 5.91 Å². The van der Waals surface area contributed by atoms with Crippen LogP contribution in [0.2, 0.25) is 0 Å². The summed E-state index contributed by atoms with van der Waals surface area (Å²) in [7, 11) is -2.49. The van der Waals surface area contributed by atoms with E-state index in [2.05, 4.69) is 20.0 Å². The molecule has 0 fully saturated rings. The largest absolute Gasteiger partial charge is 0.495 e. The molecular formula is C24H22N4O6S. The number of ether oxygens (including phenoxy) is 2. The van der Waals surface area contributed by atoms with E-state index < -0.39 is 15.9 Å². The molecule has 0 saturated carbocycles. The number of nitrogens with zero attached hydrogens (tertiary/aromatic N) is 1. The number of carbonyl (C=O) groups is 1. The molecule has 1 heterocycles. The summed E-state index contributed by atoms with van der Waals surface area (Å²) >= 11 is 0. The lowest BCUT2D eigenvalue weighted by atomic mass is 10.2. The van der Waals surface area contributed by atoms with Gasteiger partial charge in [0.05, 0.1) is 28.6 Å². The molecule has 0 aliphatic carbocycles. The Labute approximate surface area is 201 Å². The first-order valence-corrected chi connectivity index (χ1v) is 12.0. The second-order valence-corrected chi connectivity index (χ2v) is 9.09. The number of sulfonamides is 1. The molecule has 3 N–H and O–H groups in total. The molecule has 11 heteroatoms. The van der Waals surface area contributed by atoms with E-state index >= 15 is 0 Å². The number of carbonyl (C=O) groups excluding carboxylic acids is 1. The van der Waals surface area contributed by atoms with Crippen molar-refractivity contribution in [1.82, 2.24) is 9.97 Å². The van der Waals surface area contributed by atoms with Crippen LogP contribution in [0.15, 0.2) is 82.5 Å². The van der Waals surface area contributed by atoms with Gasteiger partial charge >= 0.3 is 0 Å². The average Bonchev–Trinajstić information content (AvgIpc) is 2.84. The van der Waals surface area contributed by atoms with E-state index in [0.29, 0.717) is 16.7 Å². The normalized spacial score (nSPS) is 11.2. The second kappa shape index (κ2) is 10.4. The van der Waals surface area contributed by atoms with Crippen LogP contribution in [0.1, 0.15) is 5.82 Å². The molecule has 180 valence electrons. The van der Waals surface area contributed by atoms with Gasteiger partial charge in [0.1, 0.15) is 24.8 Å². The first-order chi connectivity index (χ1) is 16.9. The van der Waals surface area contributed by atoms with Crippen LogP contribution in [-0.4, -0.2) is 38.0 Å². The topological polar surface area (TPSA) is 139 Å². The second-order valence-electron chi connectivity index (χ2n) is 7.40. The molecular weight excluding hydrogens is 472 g/mol. The van der Waals surface area contributed by atoms with Crippen LogP contribution >= 0.6 is 0 Å². The maximum Gasteiger partial charge on any atom is 0.262 e. The summed E-state index contributed by atoms with van der Waals surface area (Å²) in [5, 5.41) is 3.06. The number of aromatic nitrogens is 2. The molecule has 4 aromatic rings. The quantitative estimate of drug-likeness (QED) is 0.325. The zero-order valence-corrected chi connectivity index (χ0v) is 19.5. The number of aromatic amines is 1. The van der Waals surface area contributed by atoms with E-state index in [1.807, 2.05) is 0 Å². The number of amides is 1. The van der Waals surface area contributed by atoms with Crippen LogP contribution in [-0.2, 0) is 26.2 Å². The minimum atomic E-state index is -3.93. The third-order valence-electron chi connectivity index (χ3n) is 4.91. The molecule has 0 aliphatic heterocycles. The van der Waals surface area contributed by atoms with Crippen molar-refractivity contribution in [3.63, 3.8) is 0 Å². The number of fused-ring (bicyclic) bond motifs is 1. The van der Waals surface area contributed by atoms with E-state index in [4.69, 9.17) is 9.47 Å². The molecule has 0 bridgehead atoms. The molecule has 0 aliphatic rings. The van der Waals surface area contributed by atoms with Crippen LogP contribution in [0.3, 0.4) is 0 Å². The molecule has 1 amide bonds. The fourth-order valence-electron chi connectivity index (χ4n) is 3.31. The van der Waals surface area contributed by atoms with Gasteiger partial charge in [-0.05, 0) is 42.5 Å². The lowest BCUT2D eigenvalue weighted by Crippen LogP contribution is -2.20. The molecule has 0 saturated heterocycles. The Morgan fingerprint density at radius 1 is 1.03 bits per heavy atom.